The number of fused-ring (bicyclic) bond motifs is 1. The molecule has 0 bridgehead atoms. The van der Waals surface area contributed by atoms with Crippen molar-refractivity contribution in [2.24, 2.45) is 0 Å². The summed E-state index contributed by atoms with van der Waals surface area (Å²) in [5, 5.41) is 2.01. The van der Waals surface area contributed by atoms with Crippen molar-refractivity contribution in [1.29, 1.82) is 0 Å². The largest absolute Gasteiger partial charge is 0.487 e. The number of hydrogen-bond acceptors (Lipinski definition) is 2. The zero-order chi connectivity index (χ0) is 15.6. The van der Waals surface area contributed by atoms with Crippen molar-refractivity contribution in [3.63, 3.8) is 0 Å². The molecule has 5 heteroatoms. The Labute approximate surface area is 125 Å². The van der Waals surface area contributed by atoms with Crippen molar-refractivity contribution < 1.29 is 17.9 Å². The van der Waals surface area contributed by atoms with Gasteiger partial charge in [-0.3, -0.25) is 4.98 Å². The first-order chi connectivity index (χ1) is 10.5. The number of rotatable bonds is 3. The molecule has 0 radical (unpaired) electrons. The van der Waals surface area contributed by atoms with Crippen LogP contribution in [-0.4, -0.2) is 4.98 Å². The molecule has 3 aromatic rings. The molecule has 2 aromatic carbocycles. The number of hydrogen-bond donors (Lipinski definition) is 0. The third-order valence-corrected chi connectivity index (χ3v) is 3.31. The van der Waals surface area contributed by atoms with Gasteiger partial charge in [0.2, 0.25) is 0 Å². The van der Waals surface area contributed by atoms with Crippen LogP contribution in [0.25, 0.3) is 10.8 Å². The molecule has 22 heavy (non-hydrogen) atoms. The minimum Gasteiger partial charge on any atom is -0.487 e. The fourth-order valence-electron chi connectivity index (χ4n) is 2.19. The van der Waals surface area contributed by atoms with Gasteiger partial charge in [0.15, 0.2) is 0 Å². The number of benzene rings is 2. The van der Waals surface area contributed by atoms with Gasteiger partial charge in [0, 0.05) is 11.6 Å². The van der Waals surface area contributed by atoms with Crippen molar-refractivity contribution in [3.05, 3.63) is 72.1 Å². The van der Waals surface area contributed by atoms with Crippen LogP contribution in [0.4, 0.5) is 13.2 Å². The summed E-state index contributed by atoms with van der Waals surface area (Å²) in [6, 6.07) is 14.3. The minimum absolute atomic E-state index is 0.201. The number of nitrogens with zero attached hydrogens (tertiary/aromatic N) is 1. The molecule has 0 saturated heterocycles. The second-order valence-electron chi connectivity index (χ2n) is 4.79. The topological polar surface area (TPSA) is 22.1 Å². The van der Waals surface area contributed by atoms with Gasteiger partial charge in [-0.05, 0) is 35.7 Å². The fraction of sp³-hybridized carbons (Fsp3) is 0.118. The molecule has 0 unspecified atom stereocenters. The highest BCUT2D eigenvalue weighted by Gasteiger charge is 2.29. The normalized spacial score (nSPS) is 11.6. The van der Waals surface area contributed by atoms with Crippen molar-refractivity contribution in [2.45, 2.75) is 12.8 Å². The van der Waals surface area contributed by atoms with E-state index < -0.39 is 11.7 Å². The van der Waals surface area contributed by atoms with Crippen LogP contribution in [0.3, 0.4) is 0 Å². The fourth-order valence-corrected chi connectivity index (χ4v) is 2.19. The van der Waals surface area contributed by atoms with E-state index in [9.17, 15) is 13.2 Å². The molecule has 0 saturated carbocycles. The summed E-state index contributed by atoms with van der Waals surface area (Å²) in [5.74, 6) is 0.378. The molecule has 0 atom stereocenters. The zero-order valence-corrected chi connectivity index (χ0v) is 11.5. The van der Waals surface area contributed by atoms with E-state index in [0.717, 1.165) is 28.6 Å². The Hall–Kier alpha value is -2.56. The number of pyridine rings is 1. The SMILES string of the molecule is FC(F)(F)c1ccc(OCc2nccc3ccccc23)cc1. The Morgan fingerprint density at radius 3 is 2.36 bits per heavy atom. The van der Waals surface area contributed by atoms with Gasteiger partial charge in [0.1, 0.15) is 12.4 Å². The predicted molar refractivity (Wildman–Crippen MR) is 77.5 cm³/mol. The van der Waals surface area contributed by atoms with Crippen molar-refractivity contribution in [2.75, 3.05) is 0 Å². The quantitative estimate of drug-likeness (QED) is 0.691. The van der Waals surface area contributed by atoms with Crippen LogP contribution in [-0.2, 0) is 12.8 Å². The summed E-state index contributed by atoms with van der Waals surface area (Å²) >= 11 is 0. The van der Waals surface area contributed by atoms with Crippen LogP contribution < -0.4 is 4.74 Å². The molecule has 3 rings (SSSR count). The number of ether oxygens (including phenoxy) is 1. The Bertz CT molecular complexity index is 777. The minimum atomic E-state index is -4.34. The highest BCUT2D eigenvalue weighted by molar-refractivity contribution is 5.84. The Kier molecular flexibility index (Phi) is 3.71. The molecule has 0 aliphatic heterocycles. The van der Waals surface area contributed by atoms with Crippen molar-refractivity contribution in [3.8, 4) is 5.75 Å². The van der Waals surface area contributed by atoms with Gasteiger partial charge in [-0.25, -0.2) is 0 Å². The molecule has 0 spiro atoms. The van der Waals surface area contributed by atoms with Gasteiger partial charge in [0.25, 0.3) is 0 Å². The summed E-state index contributed by atoms with van der Waals surface area (Å²) in [6.45, 7) is 0.201. The lowest BCUT2D eigenvalue weighted by atomic mass is 10.1. The number of halogens is 3. The average Bonchev–Trinajstić information content (AvgIpc) is 2.52. The molecule has 0 aliphatic rings. The molecule has 0 amide bonds. The van der Waals surface area contributed by atoms with Crippen LogP contribution in [0.2, 0.25) is 0 Å². The first-order valence-electron chi connectivity index (χ1n) is 6.67. The van der Waals surface area contributed by atoms with Gasteiger partial charge in [0.05, 0.1) is 11.3 Å². The smallest absolute Gasteiger partial charge is 0.416 e. The van der Waals surface area contributed by atoms with Crippen LogP contribution in [0, 0.1) is 0 Å². The van der Waals surface area contributed by atoms with Gasteiger partial charge in [-0.1, -0.05) is 24.3 Å². The van der Waals surface area contributed by atoms with E-state index in [0.29, 0.717) is 5.75 Å². The van der Waals surface area contributed by atoms with Gasteiger partial charge < -0.3 is 4.74 Å². The lowest BCUT2D eigenvalue weighted by Gasteiger charge is -2.10. The van der Waals surface area contributed by atoms with E-state index in [-0.39, 0.29) is 6.61 Å². The summed E-state index contributed by atoms with van der Waals surface area (Å²) < 4.78 is 43.0. The third kappa shape index (κ3) is 3.03. The molecule has 1 heterocycles. The Morgan fingerprint density at radius 2 is 1.64 bits per heavy atom. The van der Waals surface area contributed by atoms with E-state index in [2.05, 4.69) is 4.98 Å². The van der Waals surface area contributed by atoms with E-state index >= 15 is 0 Å². The highest BCUT2D eigenvalue weighted by Crippen LogP contribution is 2.30. The molecule has 0 fully saturated rings. The second-order valence-corrected chi connectivity index (χ2v) is 4.79. The van der Waals surface area contributed by atoms with Crippen LogP contribution in [0.1, 0.15) is 11.3 Å². The molecule has 0 N–H and O–H groups in total. The van der Waals surface area contributed by atoms with Crippen LogP contribution >= 0.6 is 0 Å². The zero-order valence-electron chi connectivity index (χ0n) is 11.5. The first-order valence-corrected chi connectivity index (χ1v) is 6.67. The van der Waals surface area contributed by atoms with Gasteiger partial charge >= 0.3 is 6.18 Å². The molecule has 2 nitrogen and oxygen atoms in total. The molecular formula is C17H12F3NO. The second kappa shape index (κ2) is 5.67. The highest BCUT2D eigenvalue weighted by atomic mass is 19.4. The van der Waals surface area contributed by atoms with E-state index in [1.54, 1.807) is 6.20 Å². The maximum atomic E-state index is 12.5. The first kappa shape index (κ1) is 14.4. The monoisotopic (exact) mass is 303 g/mol. The lowest BCUT2D eigenvalue weighted by molar-refractivity contribution is -0.137. The Balaban J connectivity index is 1.77. The standard InChI is InChI=1S/C17H12F3NO/c18-17(19,20)13-5-7-14(8-6-13)22-11-16-15-4-2-1-3-12(15)9-10-21-16/h1-10H,11H2. The number of aromatic nitrogens is 1. The third-order valence-electron chi connectivity index (χ3n) is 3.31. The van der Waals surface area contributed by atoms with Gasteiger partial charge in [-0.2, -0.15) is 13.2 Å². The molecule has 0 aliphatic carbocycles. The van der Waals surface area contributed by atoms with Crippen molar-refractivity contribution in [1.82, 2.24) is 4.98 Å². The predicted octanol–water partition coefficient (Wildman–Crippen LogP) is 4.83. The number of alkyl halides is 3. The summed E-state index contributed by atoms with van der Waals surface area (Å²) in [6.07, 6.45) is -2.65. The van der Waals surface area contributed by atoms with E-state index in [1.165, 1.54) is 12.1 Å². The maximum absolute atomic E-state index is 12.5. The van der Waals surface area contributed by atoms with E-state index in [4.69, 9.17) is 4.74 Å². The molecule has 112 valence electrons. The lowest BCUT2D eigenvalue weighted by Crippen LogP contribution is -2.04. The molecule has 1 aromatic heterocycles. The summed E-state index contributed by atoms with van der Waals surface area (Å²) in [7, 11) is 0. The average molecular weight is 303 g/mol. The van der Waals surface area contributed by atoms with Crippen LogP contribution in [0.5, 0.6) is 5.75 Å². The van der Waals surface area contributed by atoms with Crippen LogP contribution in [0.15, 0.2) is 60.8 Å². The maximum Gasteiger partial charge on any atom is 0.416 e. The Morgan fingerprint density at radius 1 is 0.909 bits per heavy atom. The van der Waals surface area contributed by atoms with Crippen molar-refractivity contribution >= 4 is 10.8 Å². The van der Waals surface area contributed by atoms with E-state index in [1.807, 2.05) is 30.3 Å². The van der Waals surface area contributed by atoms with Gasteiger partial charge in [-0.15, -0.1) is 0 Å². The summed E-state index contributed by atoms with van der Waals surface area (Å²) in [5.41, 5.74) is 0.0566. The summed E-state index contributed by atoms with van der Waals surface area (Å²) in [4.78, 5) is 4.27. The molecular weight excluding hydrogens is 291 g/mol.